The molecular formula is C20H25FN4O4. The predicted molar refractivity (Wildman–Crippen MR) is 102 cm³/mol. The van der Waals surface area contributed by atoms with Crippen molar-refractivity contribution in [3.05, 3.63) is 41.5 Å². The van der Waals surface area contributed by atoms with E-state index in [0.29, 0.717) is 44.2 Å². The van der Waals surface area contributed by atoms with Gasteiger partial charge in [-0.1, -0.05) is 12.1 Å². The second-order valence-electron chi connectivity index (χ2n) is 8.14. The van der Waals surface area contributed by atoms with Gasteiger partial charge in [-0.2, -0.15) is 4.98 Å². The molecule has 0 aliphatic carbocycles. The molecule has 1 aromatic carbocycles. The van der Waals surface area contributed by atoms with E-state index in [0.717, 1.165) is 0 Å². The highest BCUT2D eigenvalue weighted by Gasteiger charge is 2.50. The summed E-state index contributed by atoms with van der Waals surface area (Å²) < 4.78 is 25.1. The zero-order chi connectivity index (χ0) is 20.6. The Hall–Kier alpha value is -2.52. The first-order valence-corrected chi connectivity index (χ1v) is 9.75. The van der Waals surface area contributed by atoms with Gasteiger partial charge in [-0.25, -0.2) is 4.39 Å². The Bertz CT molecular complexity index is 896. The molecule has 0 bridgehead atoms. The van der Waals surface area contributed by atoms with Crippen LogP contribution in [0.4, 0.5) is 10.3 Å². The van der Waals surface area contributed by atoms with Crippen LogP contribution in [0.25, 0.3) is 0 Å². The molecule has 29 heavy (non-hydrogen) atoms. The summed E-state index contributed by atoms with van der Waals surface area (Å²) in [5, 5.41) is 17.4. The van der Waals surface area contributed by atoms with Gasteiger partial charge in [-0.05, 0) is 37.1 Å². The number of nitrogens with zero attached hydrogens (tertiary/aromatic N) is 3. The Morgan fingerprint density at radius 3 is 2.72 bits per heavy atom. The van der Waals surface area contributed by atoms with Gasteiger partial charge in [0.05, 0.1) is 23.3 Å². The summed E-state index contributed by atoms with van der Waals surface area (Å²) in [6.45, 7) is 4.99. The molecule has 0 saturated carbocycles. The minimum absolute atomic E-state index is 0.0382. The van der Waals surface area contributed by atoms with Crippen LogP contribution in [0.5, 0.6) is 0 Å². The summed E-state index contributed by atoms with van der Waals surface area (Å²) in [4.78, 5) is 19.0. The maximum absolute atomic E-state index is 14.0. The summed E-state index contributed by atoms with van der Waals surface area (Å²) in [5.41, 5.74) is -1.45. The van der Waals surface area contributed by atoms with E-state index in [9.17, 15) is 14.3 Å². The maximum Gasteiger partial charge on any atom is 0.266 e. The Morgan fingerprint density at radius 1 is 1.34 bits per heavy atom. The average Bonchev–Trinajstić information content (AvgIpc) is 3.12. The molecule has 2 aliphatic heterocycles. The summed E-state index contributed by atoms with van der Waals surface area (Å²) in [6, 6.07) is 5.82. The van der Waals surface area contributed by atoms with Crippen LogP contribution in [-0.4, -0.2) is 58.1 Å². The van der Waals surface area contributed by atoms with Crippen molar-refractivity contribution >= 4 is 11.9 Å². The molecule has 8 nitrogen and oxygen atoms in total. The van der Waals surface area contributed by atoms with Crippen molar-refractivity contribution in [2.24, 2.45) is 0 Å². The Balaban J connectivity index is 1.46. The number of hydrogen-bond acceptors (Lipinski definition) is 7. The number of amides is 1. The molecule has 2 aliphatic rings. The fourth-order valence-electron chi connectivity index (χ4n) is 4.23. The van der Waals surface area contributed by atoms with E-state index >= 15 is 0 Å². The third kappa shape index (κ3) is 3.84. The molecule has 2 saturated heterocycles. The fraction of sp³-hybridized carbons (Fsp3) is 0.550. The van der Waals surface area contributed by atoms with Gasteiger partial charge in [0.25, 0.3) is 11.9 Å². The number of benzene rings is 1. The van der Waals surface area contributed by atoms with Crippen molar-refractivity contribution in [3.63, 3.8) is 0 Å². The Morgan fingerprint density at radius 2 is 2.07 bits per heavy atom. The zero-order valence-corrected chi connectivity index (χ0v) is 16.5. The molecule has 2 atom stereocenters. The number of aliphatic hydroxyl groups excluding tert-OH is 1. The highest BCUT2D eigenvalue weighted by Crippen LogP contribution is 2.40. The highest BCUT2D eigenvalue weighted by atomic mass is 19.1. The lowest BCUT2D eigenvalue weighted by molar-refractivity contribution is -0.167. The molecule has 2 aromatic rings. The molecule has 0 unspecified atom stereocenters. The van der Waals surface area contributed by atoms with Crippen molar-refractivity contribution in [2.75, 3.05) is 24.6 Å². The maximum atomic E-state index is 14.0. The minimum Gasteiger partial charge on any atom is -0.388 e. The molecule has 2 N–H and O–H groups in total. The molecule has 1 spiro atoms. The van der Waals surface area contributed by atoms with E-state index in [4.69, 9.17) is 9.26 Å². The Kier molecular flexibility index (Phi) is 5.04. The van der Waals surface area contributed by atoms with Crippen LogP contribution in [0.3, 0.4) is 0 Å². The van der Waals surface area contributed by atoms with Crippen molar-refractivity contribution in [3.8, 4) is 0 Å². The minimum atomic E-state index is -0.928. The normalized spacial score (nSPS) is 26.5. The fourth-order valence-corrected chi connectivity index (χ4v) is 4.23. The number of anilines is 1. The Labute approximate surface area is 168 Å². The largest absolute Gasteiger partial charge is 0.388 e. The first-order chi connectivity index (χ1) is 13.8. The number of ether oxygens (including phenoxy) is 1. The molecule has 1 amide bonds. The molecule has 2 fully saturated rings. The molecule has 1 aromatic heterocycles. The van der Waals surface area contributed by atoms with E-state index in [2.05, 4.69) is 15.5 Å². The lowest BCUT2D eigenvalue weighted by Gasteiger charge is -2.51. The van der Waals surface area contributed by atoms with Crippen LogP contribution in [0.15, 0.2) is 28.8 Å². The standard InChI is InChI=1S/C20H25FN4O4/c1-13-22-18(24-29-13)25-9-7-20(8-10-25)12-19(2,16(26)11-28-20)23-17(27)14-5-3-4-6-15(14)21/h3-6,16,26H,7-12H2,1-2H3,(H,23,27)/t16-,19-/m1/s1. The van der Waals surface area contributed by atoms with Crippen molar-refractivity contribution in [1.82, 2.24) is 15.5 Å². The van der Waals surface area contributed by atoms with E-state index in [1.54, 1.807) is 19.9 Å². The summed E-state index contributed by atoms with van der Waals surface area (Å²) in [7, 11) is 0. The number of carbonyl (C=O) groups is 1. The van der Waals surface area contributed by atoms with E-state index in [1.165, 1.54) is 18.2 Å². The van der Waals surface area contributed by atoms with Crippen LogP contribution < -0.4 is 10.2 Å². The van der Waals surface area contributed by atoms with Gasteiger partial charge in [0.1, 0.15) is 11.9 Å². The van der Waals surface area contributed by atoms with Gasteiger partial charge in [0, 0.05) is 26.4 Å². The van der Waals surface area contributed by atoms with Crippen molar-refractivity contribution in [1.29, 1.82) is 0 Å². The van der Waals surface area contributed by atoms with Gasteiger partial charge in [-0.3, -0.25) is 4.79 Å². The summed E-state index contributed by atoms with van der Waals surface area (Å²) in [6.07, 6.45) is 0.930. The number of aryl methyl sites for hydroxylation is 1. The number of piperidine rings is 1. The molecule has 156 valence electrons. The van der Waals surface area contributed by atoms with Crippen LogP contribution in [0.2, 0.25) is 0 Å². The SMILES string of the molecule is Cc1nc(N2CCC3(CC2)C[C@@](C)(NC(=O)c2ccccc2F)[C@H](O)CO3)no1. The van der Waals surface area contributed by atoms with Crippen LogP contribution >= 0.6 is 0 Å². The lowest BCUT2D eigenvalue weighted by Crippen LogP contribution is -2.65. The predicted octanol–water partition coefficient (Wildman–Crippen LogP) is 1.83. The van der Waals surface area contributed by atoms with Gasteiger partial charge < -0.3 is 24.6 Å². The first-order valence-electron chi connectivity index (χ1n) is 9.75. The monoisotopic (exact) mass is 404 g/mol. The lowest BCUT2D eigenvalue weighted by atomic mass is 9.74. The molecule has 4 rings (SSSR count). The van der Waals surface area contributed by atoms with Crippen LogP contribution in [0.1, 0.15) is 42.4 Å². The van der Waals surface area contributed by atoms with Gasteiger partial charge in [0.15, 0.2) is 0 Å². The van der Waals surface area contributed by atoms with Crippen LogP contribution in [-0.2, 0) is 4.74 Å². The topological polar surface area (TPSA) is 101 Å². The second-order valence-corrected chi connectivity index (χ2v) is 8.14. The summed E-state index contributed by atoms with van der Waals surface area (Å²) in [5.74, 6) is -0.0560. The van der Waals surface area contributed by atoms with E-state index in [1.807, 2.05) is 4.90 Å². The van der Waals surface area contributed by atoms with Gasteiger partial charge in [-0.15, -0.1) is 0 Å². The quantitative estimate of drug-likeness (QED) is 0.805. The molecule has 9 heteroatoms. The molecule has 0 radical (unpaired) electrons. The molecular weight excluding hydrogens is 379 g/mol. The number of carbonyl (C=O) groups excluding carboxylic acids is 1. The number of hydrogen-bond donors (Lipinski definition) is 2. The number of nitrogens with one attached hydrogen (secondary N) is 1. The molecule has 3 heterocycles. The number of aromatic nitrogens is 2. The van der Waals surface area contributed by atoms with E-state index < -0.39 is 29.0 Å². The van der Waals surface area contributed by atoms with E-state index in [-0.39, 0.29) is 12.2 Å². The van der Waals surface area contributed by atoms with Gasteiger partial charge in [0.2, 0.25) is 5.89 Å². The third-order valence-electron chi connectivity index (χ3n) is 5.96. The van der Waals surface area contributed by atoms with Gasteiger partial charge >= 0.3 is 0 Å². The number of halogens is 1. The van der Waals surface area contributed by atoms with Crippen molar-refractivity contribution < 1.29 is 23.6 Å². The van der Waals surface area contributed by atoms with Crippen LogP contribution in [0, 0.1) is 12.7 Å². The summed E-state index contributed by atoms with van der Waals surface area (Å²) >= 11 is 0. The average molecular weight is 404 g/mol. The first kappa shape index (κ1) is 19.8. The number of aliphatic hydroxyl groups is 1. The smallest absolute Gasteiger partial charge is 0.266 e. The third-order valence-corrected chi connectivity index (χ3v) is 5.96. The second kappa shape index (κ2) is 7.38. The number of rotatable bonds is 3. The highest BCUT2D eigenvalue weighted by molar-refractivity contribution is 5.95. The zero-order valence-electron chi connectivity index (χ0n) is 16.5. The van der Waals surface area contributed by atoms with Crippen molar-refractivity contribution in [2.45, 2.75) is 50.4 Å².